The Balaban J connectivity index is 1.19. The van der Waals surface area contributed by atoms with E-state index < -0.39 is 105 Å². The number of aromatic hydroxyl groups is 1. The fraction of sp³-hybridized carbons (Fsp3) is 0.576. The molecular formula is C33H42O18. The highest BCUT2D eigenvalue weighted by molar-refractivity contribution is 5.89. The third kappa shape index (κ3) is 8.37. The summed E-state index contributed by atoms with van der Waals surface area (Å²) in [6.07, 6.45) is -12.2. The number of hydrogen-bond donors (Lipinski definition) is 8. The van der Waals surface area contributed by atoms with Gasteiger partial charge in [-0.3, -0.25) is 0 Å². The largest absolute Gasteiger partial charge is 0.504 e. The molecule has 1 aliphatic carbocycles. The minimum atomic E-state index is -1.82. The number of esters is 2. The summed E-state index contributed by atoms with van der Waals surface area (Å²) in [4.78, 5) is 24.7. The molecule has 282 valence electrons. The van der Waals surface area contributed by atoms with Crippen LogP contribution in [0.5, 0.6) is 11.5 Å². The van der Waals surface area contributed by atoms with Gasteiger partial charge in [0.2, 0.25) is 6.29 Å². The van der Waals surface area contributed by atoms with Crippen molar-refractivity contribution in [2.45, 2.75) is 74.1 Å². The third-order valence-electron chi connectivity index (χ3n) is 9.16. The van der Waals surface area contributed by atoms with E-state index in [0.717, 1.165) is 12.3 Å². The van der Waals surface area contributed by atoms with Crippen LogP contribution in [0.25, 0.3) is 6.08 Å². The molecule has 18 heteroatoms. The molecule has 0 spiro atoms. The summed E-state index contributed by atoms with van der Waals surface area (Å²) in [5.41, 5.74) is 1.22. The zero-order chi connectivity index (χ0) is 37.0. The topological polar surface area (TPSA) is 270 Å². The van der Waals surface area contributed by atoms with Crippen LogP contribution in [0.4, 0.5) is 0 Å². The molecule has 18 nitrogen and oxygen atoms in total. The van der Waals surface area contributed by atoms with Crippen LogP contribution in [-0.2, 0) is 42.7 Å². The second-order valence-electron chi connectivity index (χ2n) is 12.3. The SMILES string of the molecule is COC(=O)C1=COC(O[C@@H]2O[C@H](CO[C@@H]3O[C@H](COC(=O)/C=C\c4ccc(O)c(OC)c4)[C@@H](O)[C@H](O)[C@H]3O)[C@@H](O)[C@H](O)[C@H]2O)C2C(CO)=CCC12. The molecular weight excluding hydrogens is 684 g/mol. The van der Waals surface area contributed by atoms with Crippen LogP contribution in [0.15, 0.2) is 47.8 Å². The normalized spacial score (nSPS) is 36.5. The van der Waals surface area contributed by atoms with Gasteiger partial charge in [0.1, 0.15) is 55.4 Å². The number of phenols is 1. The molecule has 1 aromatic carbocycles. The monoisotopic (exact) mass is 726 g/mol. The zero-order valence-electron chi connectivity index (χ0n) is 27.5. The van der Waals surface area contributed by atoms with Gasteiger partial charge >= 0.3 is 11.9 Å². The number of phenolic OH excluding ortho intramolecular Hbond substituents is 1. The highest BCUT2D eigenvalue weighted by atomic mass is 16.8. The molecule has 0 saturated carbocycles. The van der Waals surface area contributed by atoms with E-state index in [4.69, 9.17) is 37.9 Å². The van der Waals surface area contributed by atoms with Crippen molar-refractivity contribution in [1.29, 1.82) is 0 Å². The third-order valence-corrected chi connectivity index (χ3v) is 9.16. The standard InChI is InChI=1S/C33H42O18/c1-44-19-9-14(3-7-18(19)35)4-8-22(36)46-12-20-24(37)26(39)28(41)32(49-20)48-13-21-25(38)27(40)29(42)33(50-21)51-31-23-15(10-34)5-6-16(23)17(11-47-31)30(43)45-2/h3-5,7-9,11,16,20-21,23-29,31-35,37-42H,6,10,12-13H2,1-2H3/b8-4-/t16?,20-,21-,23?,24-,25-,26+,27+,28-,29-,31?,32-,33+/m1/s1. The van der Waals surface area contributed by atoms with Crippen molar-refractivity contribution >= 4 is 18.0 Å². The summed E-state index contributed by atoms with van der Waals surface area (Å²) in [5.74, 6) is -2.55. The van der Waals surface area contributed by atoms with Crippen LogP contribution in [0, 0.1) is 11.8 Å². The number of hydrogen-bond acceptors (Lipinski definition) is 18. The Bertz CT molecular complexity index is 1480. The maximum atomic E-state index is 12.4. The summed E-state index contributed by atoms with van der Waals surface area (Å²) in [5, 5.41) is 83.1. The number of fused-ring (bicyclic) bond motifs is 1. The number of ether oxygens (including phenoxy) is 8. The molecule has 4 aliphatic rings. The van der Waals surface area contributed by atoms with Gasteiger partial charge in [-0.2, -0.15) is 0 Å². The van der Waals surface area contributed by atoms with Crippen LogP contribution < -0.4 is 4.74 Å². The summed E-state index contributed by atoms with van der Waals surface area (Å²) in [6.45, 7) is -1.55. The van der Waals surface area contributed by atoms with E-state index in [1.807, 2.05) is 0 Å². The molecule has 1 aromatic rings. The van der Waals surface area contributed by atoms with Gasteiger partial charge in [0.05, 0.1) is 45.2 Å². The van der Waals surface area contributed by atoms with Gasteiger partial charge in [0.15, 0.2) is 24.1 Å². The molecule has 2 fully saturated rings. The van der Waals surface area contributed by atoms with E-state index in [0.29, 0.717) is 17.6 Å². The average molecular weight is 727 g/mol. The first-order chi connectivity index (χ1) is 24.4. The first kappa shape index (κ1) is 38.6. The number of aliphatic hydroxyl groups excluding tert-OH is 7. The van der Waals surface area contributed by atoms with E-state index in [2.05, 4.69) is 0 Å². The van der Waals surface area contributed by atoms with Crippen molar-refractivity contribution in [3.05, 3.63) is 53.3 Å². The van der Waals surface area contributed by atoms with Gasteiger partial charge in [-0.25, -0.2) is 9.59 Å². The van der Waals surface area contributed by atoms with E-state index in [1.54, 1.807) is 6.08 Å². The minimum absolute atomic E-state index is 0.0925. The molecule has 0 radical (unpaired) electrons. The van der Waals surface area contributed by atoms with Gasteiger partial charge in [-0.1, -0.05) is 12.1 Å². The van der Waals surface area contributed by atoms with E-state index >= 15 is 0 Å². The van der Waals surface area contributed by atoms with Gasteiger partial charge in [-0.15, -0.1) is 0 Å². The number of allylic oxidation sites excluding steroid dienone is 1. The lowest BCUT2D eigenvalue weighted by atomic mass is 9.83. The summed E-state index contributed by atoms with van der Waals surface area (Å²) < 4.78 is 43.4. The Kier molecular flexibility index (Phi) is 12.7. The second kappa shape index (κ2) is 16.8. The highest BCUT2D eigenvalue weighted by Gasteiger charge is 2.51. The summed E-state index contributed by atoms with van der Waals surface area (Å²) >= 11 is 0. The number of carbonyl (C=O) groups excluding carboxylic acids is 2. The predicted octanol–water partition coefficient (Wildman–Crippen LogP) is -2.43. The lowest BCUT2D eigenvalue weighted by Crippen LogP contribution is -2.62. The molecule has 3 aliphatic heterocycles. The van der Waals surface area contributed by atoms with Crippen molar-refractivity contribution < 1.29 is 88.3 Å². The lowest BCUT2D eigenvalue weighted by Gasteiger charge is -2.44. The van der Waals surface area contributed by atoms with Crippen molar-refractivity contribution in [2.75, 3.05) is 34.0 Å². The summed E-state index contributed by atoms with van der Waals surface area (Å²) in [7, 11) is 2.58. The Labute approximate surface area is 291 Å². The van der Waals surface area contributed by atoms with Crippen molar-refractivity contribution in [1.82, 2.24) is 0 Å². The smallest absolute Gasteiger partial charge is 0.337 e. The molecule has 3 heterocycles. The van der Waals surface area contributed by atoms with Gasteiger partial charge in [0.25, 0.3) is 0 Å². The highest BCUT2D eigenvalue weighted by Crippen LogP contribution is 2.44. The van der Waals surface area contributed by atoms with Crippen LogP contribution in [0.2, 0.25) is 0 Å². The van der Waals surface area contributed by atoms with Gasteiger partial charge < -0.3 is 78.7 Å². The summed E-state index contributed by atoms with van der Waals surface area (Å²) in [6, 6.07) is 4.37. The molecule has 13 atom stereocenters. The molecule has 8 N–H and O–H groups in total. The maximum absolute atomic E-state index is 12.4. The molecule has 5 rings (SSSR count). The maximum Gasteiger partial charge on any atom is 0.337 e. The van der Waals surface area contributed by atoms with Crippen LogP contribution in [0.3, 0.4) is 0 Å². The fourth-order valence-electron chi connectivity index (χ4n) is 6.28. The molecule has 2 saturated heterocycles. The quantitative estimate of drug-likeness (QED) is 0.0632. The Hall–Kier alpha value is -3.66. The Morgan fingerprint density at radius 2 is 1.55 bits per heavy atom. The Morgan fingerprint density at radius 3 is 2.22 bits per heavy atom. The number of carbonyl (C=O) groups is 2. The van der Waals surface area contributed by atoms with Gasteiger partial charge in [0, 0.05) is 12.0 Å². The average Bonchev–Trinajstić information content (AvgIpc) is 3.58. The number of benzene rings is 1. The Morgan fingerprint density at radius 1 is 0.882 bits per heavy atom. The van der Waals surface area contributed by atoms with Crippen molar-refractivity contribution in [2.24, 2.45) is 11.8 Å². The lowest BCUT2D eigenvalue weighted by molar-refractivity contribution is -0.352. The van der Waals surface area contributed by atoms with E-state index in [9.17, 15) is 50.4 Å². The van der Waals surface area contributed by atoms with Crippen molar-refractivity contribution in [3.63, 3.8) is 0 Å². The first-order valence-corrected chi connectivity index (χ1v) is 16.0. The van der Waals surface area contributed by atoms with E-state index in [-0.39, 0.29) is 23.7 Å². The molecule has 51 heavy (non-hydrogen) atoms. The van der Waals surface area contributed by atoms with Gasteiger partial charge in [-0.05, 0) is 35.8 Å². The molecule has 0 amide bonds. The first-order valence-electron chi connectivity index (χ1n) is 16.0. The van der Waals surface area contributed by atoms with Crippen molar-refractivity contribution in [3.8, 4) is 11.5 Å². The number of methoxy groups -OCH3 is 2. The molecule has 0 bridgehead atoms. The molecule has 3 unspecified atom stereocenters. The second-order valence-corrected chi connectivity index (χ2v) is 12.3. The minimum Gasteiger partial charge on any atom is -0.504 e. The fourth-order valence-corrected chi connectivity index (χ4v) is 6.28. The zero-order valence-corrected chi connectivity index (χ0v) is 27.5. The molecule has 0 aromatic heterocycles. The predicted molar refractivity (Wildman–Crippen MR) is 167 cm³/mol. The van der Waals surface area contributed by atoms with E-state index in [1.165, 1.54) is 38.5 Å². The number of aliphatic hydroxyl groups is 7. The number of rotatable bonds is 12. The van der Waals surface area contributed by atoms with Crippen LogP contribution in [0.1, 0.15) is 12.0 Å². The van der Waals surface area contributed by atoms with Crippen LogP contribution in [-0.4, -0.2) is 155 Å². The van der Waals surface area contributed by atoms with Crippen LogP contribution >= 0.6 is 0 Å².